The van der Waals surface area contributed by atoms with Gasteiger partial charge in [-0.1, -0.05) is 48.5 Å². The molecule has 4 rings (SSSR count). The minimum Gasteiger partial charge on any atom is -0.349 e. The first-order valence-electron chi connectivity index (χ1n) is 8.98. The lowest BCUT2D eigenvalue weighted by atomic mass is 10.2. The van der Waals surface area contributed by atoms with E-state index in [1.165, 1.54) is 6.33 Å². The Morgan fingerprint density at radius 1 is 1.00 bits per heavy atom. The maximum absolute atomic E-state index is 11.9. The lowest BCUT2D eigenvalue weighted by Crippen LogP contribution is -2.20. The molecule has 0 amide bonds. The predicted molar refractivity (Wildman–Crippen MR) is 112 cm³/mol. The molecular weight excluding hydrogens is 368 g/mol. The van der Waals surface area contributed by atoms with Gasteiger partial charge in [0.25, 0.3) is 0 Å². The molecule has 0 unspecified atom stereocenters. The Labute approximate surface area is 167 Å². The highest BCUT2D eigenvalue weighted by Crippen LogP contribution is 2.34. The highest BCUT2D eigenvalue weighted by Gasteiger charge is 2.26. The average Bonchev–Trinajstić information content (AvgIpc) is 2.74. The van der Waals surface area contributed by atoms with E-state index in [-0.39, 0.29) is 17.3 Å². The van der Waals surface area contributed by atoms with Crippen LogP contribution in [0.1, 0.15) is 5.56 Å². The lowest BCUT2D eigenvalue weighted by Gasteiger charge is -2.19. The molecule has 0 aliphatic heterocycles. The first kappa shape index (κ1) is 18.3. The monoisotopic (exact) mass is 386 g/mol. The maximum atomic E-state index is 11.9. The molecule has 0 fully saturated rings. The molecule has 8 nitrogen and oxygen atoms in total. The van der Waals surface area contributed by atoms with Crippen LogP contribution in [0.5, 0.6) is 0 Å². The van der Waals surface area contributed by atoms with Gasteiger partial charge in [-0.05, 0) is 17.7 Å². The van der Waals surface area contributed by atoms with Crippen molar-refractivity contribution in [2.24, 2.45) is 0 Å². The number of anilines is 3. The Morgan fingerprint density at radius 3 is 2.59 bits per heavy atom. The summed E-state index contributed by atoms with van der Waals surface area (Å²) in [4.78, 5) is 25.9. The minimum atomic E-state index is -0.461. The van der Waals surface area contributed by atoms with E-state index in [1.54, 1.807) is 18.1 Å². The third-order valence-electron chi connectivity index (χ3n) is 4.50. The number of nitro groups is 1. The van der Waals surface area contributed by atoms with Crippen molar-refractivity contribution in [3.63, 3.8) is 0 Å². The van der Waals surface area contributed by atoms with Gasteiger partial charge in [0.2, 0.25) is 11.6 Å². The van der Waals surface area contributed by atoms with E-state index >= 15 is 0 Å². The number of aromatic nitrogens is 3. The van der Waals surface area contributed by atoms with Crippen LogP contribution >= 0.6 is 0 Å². The molecule has 0 atom stereocenters. The topological polar surface area (TPSA) is 97.1 Å². The van der Waals surface area contributed by atoms with Gasteiger partial charge < -0.3 is 10.2 Å². The number of fused-ring (bicyclic) bond motifs is 1. The Balaban J connectivity index is 1.72. The van der Waals surface area contributed by atoms with Gasteiger partial charge in [-0.15, -0.1) is 0 Å². The van der Waals surface area contributed by atoms with Crippen molar-refractivity contribution in [2.45, 2.75) is 6.54 Å². The van der Waals surface area contributed by atoms with Crippen LogP contribution in [-0.4, -0.2) is 26.9 Å². The summed E-state index contributed by atoms with van der Waals surface area (Å²) in [5.41, 5.74) is 2.19. The number of rotatable bonds is 6. The van der Waals surface area contributed by atoms with Crippen molar-refractivity contribution in [1.82, 2.24) is 15.0 Å². The number of para-hydroxylation sites is 1. The van der Waals surface area contributed by atoms with Crippen molar-refractivity contribution in [1.29, 1.82) is 0 Å². The summed E-state index contributed by atoms with van der Waals surface area (Å²) in [6.07, 6.45) is 3.01. The number of pyridine rings is 1. The second-order valence-electron chi connectivity index (χ2n) is 6.50. The molecule has 1 N–H and O–H groups in total. The molecule has 0 aliphatic carbocycles. The molecule has 0 saturated heterocycles. The van der Waals surface area contributed by atoms with Crippen LogP contribution in [-0.2, 0) is 6.54 Å². The van der Waals surface area contributed by atoms with Gasteiger partial charge >= 0.3 is 5.69 Å². The fraction of sp³-hybridized carbons (Fsp3) is 0.0952. The van der Waals surface area contributed by atoms with E-state index in [4.69, 9.17) is 0 Å². The number of benzene rings is 2. The summed E-state index contributed by atoms with van der Waals surface area (Å²) < 4.78 is 0. The molecule has 8 heteroatoms. The predicted octanol–water partition coefficient (Wildman–Crippen LogP) is 4.31. The number of nitrogens with zero attached hydrogens (tertiary/aromatic N) is 5. The third kappa shape index (κ3) is 3.81. The molecule has 144 valence electrons. The average molecular weight is 386 g/mol. The molecule has 2 heterocycles. The zero-order chi connectivity index (χ0) is 20.2. The molecule has 0 saturated carbocycles. The Kier molecular flexibility index (Phi) is 4.98. The quantitative estimate of drug-likeness (QED) is 0.389. The Morgan fingerprint density at radius 2 is 1.79 bits per heavy atom. The van der Waals surface area contributed by atoms with Crippen LogP contribution in [0, 0.1) is 10.1 Å². The van der Waals surface area contributed by atoms with Crippen LogP contribution in [0.3, 0.4) is 0 Å². The molecular formula is C21H18N6O2. The molecule has 29 heavy (non-hydrogen) atoms. The van der Waals surface area contributed by atoms with Gasteiger partial charge in [0.1, 0.15) is 6.33 Å². The molecule has 0 bridgehead atoms. The second-order valence-corrected chi connectivity index (χ2v) is 6.50. The number of hydrogen-bond donors (Lipinski definition) is 1. The maximum Gasteiger partial charge on any atom is 0.353 e. The van der Waals surface area contributed by atoms with Gasteiger partial charge in [0.15, 0.2) is 0 Å². The second kappa shape index (κ2) is 7.89. The first-order chi connectivity index (χ1) is 14.1. The fourth-order valence-corrected chi connectivity index (χ4v) is 3.17. The van der Waals surface area contributed by atoms with Crippen LogP contribution in [0.25, 0.3) is 10.9 Å². The zero-order valence-corrected chi connectivity index (χ0v) is 15.7. The van der Waals surface area contributed by atoms with E-state index in [2.05, 4.69) is 20.3 Å². The largest absolute Gasteiger partial charge is 0.353 e. The summed E-state index contributed by atoms with van der Waals surface area (Å²) in [5.74, 6) is 0.364. The van der Waals surface area contributed by atoms with E-state index in [0.717, 1.165) is 10.9 Å². The summed E-state index contributed by atoms with van der Waals surface area (Å²) in [7, 11) is 1.77. The SMILES string of the molecule is CN(Cc1ccccc1)c1ncnc(Nc2cccc3cccnc23)c1[N+](=O)[O-]. The summed E-state index contributed by atoms with van der Waals surface area (Å²) in [6.45, 7) is 0.480. The zero-order valence-electron chi connectivity index (χ0n) is 15.7. The molecule has 2 aromatic carbocycles. The fourth-order valence-electron chi connectivity index (χ4n) is 3.17. The van der Waals surface area contributed by atoms with E-state index in [9.17, 15) is 10.1 Å². The molecule has 4 aromatic rings. The number of hydrogen-bond acceptors (Lipinski definition) is 7. The van der Waals surface area contributed by atoms with Gasteiger partial charge in [0, 0.05) is 25.2 Å². The highest BCUT2D eigenvalue weighted by atomic mass is 16.6. The van der Waals surface area contributed by atoms with Crippen LogP contribution in [0.15, 0.2) is 73.2 Å². The van der Waals surface area contributed by atoms with Crippen LogP contribution in [0.4, 0.5) is 23.0 Å². The molecule has 0 aliphatic rings. The molecule has 0 radical (unpaired) electrons. The highest BCUT2D eigenvalue weighted by molar-refractivity contribution is 5.92. The molecule has 2 aromatic heterocycles. The first-order valence-corrected chi connectivity index (χ1v) is 8.98. The van der Waals surface area contributed by atoms with Gasteiger partial charge in [-0.3, -0.25) is 15.1 Å². The summed E-state index contributed by atoms with van der Waals surface area (Å²) in [5, 5.41) is 15.9. The third-order valence-corrected chi connectivity index (χ3v) is 4.50. The van der Waals surface area contributed by atoms with Crippen molar-refractivity contribution in [3.05, 3.63) is 88.9 Å². The standard InChI is InChI=1S/C21H18N6O2/c1-26(13-15-7-3-2-4-8-15)21-19(27(28)29)20(23-14-24-21)25-17-11-5-9-16-10-6-12-22-18(16)17/h2-12,14H,13H2,1H3,(H,23,24,25). The summed E-state index contributed by atoms with van der Waals surface area (Å²) >= 11 is 0. The summed E-state index contributed by atoms with van der Waals surface area (Å²) in [6, 6.07) is 19.1. The van der Waals surface area contributed by atoms with Crippen LogP contribution < -0.4 is 10.2 Å². The van der Waals surface area contributed by atoms with Gasteiger partial charge in [0.05, 0.1) is 16.1 Å². The van der Waals surface area contributed by atoms with E-state index in [0.29, 0.717) is 17.7 Å². The molecule has 0 spiro atoms. The van der Waals surface area contributed by atoms with E-state index in [1.807, 2.05) is 60.7 Å². The van der Waals surface area contributed by atoms with E-state index < -0.39 is 4.92 Å². The smallest absolute Gasteiger partial charge is 0.349 e. The number of nitrogens with one attached hydrogen (secondary N) is 1. The Bertz CT molecular complexity index is 1160. The van der Waals surface area contributed by atoms with Crippen molar-refractivity contribution >= 4 is 33.9 Å². The lowest BCUT2D eigenvalue weighted by molar-refractivity contribution is -0.383. The van der Waals surface area contributed by atoms with Crippen molar-refractivity contribution in [3.8, 4) is 0 Å². The van der Waals surface area contributed by atoms with Gasteiger partial charge in [-0.2, -0.15) is 0 Å². The van der Waals surface area contributed by atoms with Gasteiger partial charge in [-0.25, -0.2) is 9.97 Å². The van der Waals surface area contributed by atoms with Crippen LogP contribution in [0.2, 0.25) is 0 Å². The van der Waals surface area contributed by atoms with Crippen molar-refractivity contribution in [2.75, 3.05) is 17.3 Å². The normalized spacial score (nSPS) is 10.7. The minimum absolute atomic E-state index is 0.123. The van der Waals surface area contributed by atoms with Crippen molar-refractivity contribution < 1.29 is 4.92 Å². The Hall–Kier alpha value is -4.07.